The zero-order valence-corrected chi connectivity index (χ0v) is 14.0. The lowest BCUT2D eigenvalue weighted by atomic mass is 9.93. The van der Waals surface area contributed by atoms with Gasteiger partial charge in [0.15, 0.2) is 0 Å². The number of carboxylic acid groups (broad SMARTS) is 1. The molecule has 1 saturated heterocycles. The molecule has 6 heteroatoms. The lowest BCUT2D eigenvalue weighted by Crippen LogP contribution is -2.30. The first kappa shape index (κ1) is 16.8. The molecule has 0 radical (unpaired) electrons. The van der Waals surface area contributed by atoms with E-state index in [4.69, 9.17) is 9.47 Å². The Hall–Kier alpha value is -3.02. The Bertz CT molecular complexity index is 769. The Kier molecular flexibility index (Phi) is 4.61. The third kappa shape index (κ3) is 3.15. The molecule has 2 aromatic carbocycles. The third-order valence-electron chi connectivity index (χ3n) is 4.45. The molecule has 1 heterocycles. The highest BCUT2D eigenvalue weighted by Gasteiger charge is 2.45. The molecule has 0 saturated carbocycles. The number of carbonyl (C=O) groups is 2. The maximum absolute atomic E-state index is 12.6. The maximum atomic E-state index is 12.6. The number of amides is 1. The van der Waals surface area contributed by atoms with E-state index in [9.17, 15) is 14.7 Å². The van der Waals surface area contributed by atoms with Gasteiger partial charge in [-0.1, -0.05) is 12.1 Å². The van der Waals surface area contributed by atoms with Gasteiger partial charge in [0.25, 0.3) is 0 Å². The van der Waals surface area contributed by atoms with E-state index in [0.717, 1.165) is 5.56 Å². The van der Waals surface area contributed by atoms with E-state index in [2.05, 4.69) is 0 Å². The average Bonchev–Trinajstić information content (AvgIpc) is 2.99. The molecule has 0 bridgehead atoms. The number of carboxylic acids is 1. The molecule has 1 aliphatic rings. The zero-order valence-electron chi connectivity index (χ0n) is 14.0. The van der Waals surface area contributed by atoms with Gasteiger partial charge in [-0.3, -0.25) is 9.59 Å². The molecule has 1 amide bonds. The number of nitrogens with zero attached hydrogens (tertiary/aromatic N) is 1. The molecular weight excluding hydrogens is 322 g/mol. The summed E-state index contributed by atoms with van der Waals surface area (Å²) in [4.78, 5) is 25.8. The Morgan fingerprint density at radius 2 is 1.52 bits per heavy atom. The molecule has 3 rings (SSSR count). The van der Waals surface area contributed by atoms with Crippen LogP contribution in [0.3, 0.4) is 0 Å². The van der Waals surface area contributed by atoms with Gasteiger partial charge >= 0.3 is 5.97 Å². The van der Waals surface area contributed by atoms with Crippen molar-refractivity contribution in [3.63, 3.8) is 0 Å². The molecule has 1 fully saturated rings. The van der Waals surface area contributed by atoms with Crippen molar-refractivity contribution < 1.29 is 24.2 Å². The van der Waals surface area contributed by atoms with Crippen molar-refractivity contribution in [2.45, 2.75) is 12.5 Å². The highest BCUT2D eigenvalue weighted by atomic mass is 16.5. The molecule has 1 aliphatic heterocycles. The van der Waals surface area contributed by atoms with Crippen molar-refractivity contribution in [3.05, 3.63) is 54.1 Å². The average molecular weight is 341 g/mol. The summed E-state index contributed by atoms with van der Waals surface area (Å²) in [5.41, 5.74) is 1.41. The van der Waals surface area contributed by atoms with Crippen molar-refractivity contribution in [1.82, 2.24) is 0 Å². The molecule has 2 atom stereocenters. The minimum atomic E-state index is -0.981. The fourth-order valence-corrected chi connectivity index (χ4v) is 3.19. The van der Waals surface area contributed by atoms with Gasteiger partial charge in [0.2, 0.25) is 5.91 Å². The number of methoxy groups -OCH3 is 2. The monoisotopic (exact) mass is 341 g/mol. The minimum Gasteiger partial charge on any atom is -0.497 e. The zero-order chi connectivity index (χ0) is 18.0. The van der Waals surface area contributed by atoms with E-state index in [1.807, 2.05) is 0 Å². The number of hydrogen-bond acceptors (Lipinski definition) is 4. The number of hydrogen-bond donors (Lipinski definition) is 1. The normalized spacial score (nSPS) is 19.8. The highest BCUT2D eigenvalue weighted by Crippen LogP contribution is 2.42. The van der Waals surface area contributed by atoms with Crippen molar-refractivity contribution in [2.24, 2.45) is 5.92 Å². The lowest BCUT2D eigenvalue weighted by Gasteiger charge is -2.27. The van der Waals surface area contributed by atoms with Crippen molar-refractivity contribution >= 4 is 17.6 Å². The van der Waals surface area contributed by atoms with E-state index in [1.54, 1.807) is 67.7 Å². The van der Waals surface area contributed by atoms with Crippen LogP contribution in [0.2, 0.25) is 0 Å². The smallest absolute Gasteiger partial charge is 0.309 e. The molecule has 0 aliphatic carbocycles. The predicted molar refractivity (Wildman–Crippen MR) is 92.0 cm³/mol. The fraction of sp³-hybridized carbons (Fsp3) is 0.263. The summed E-state index contributed by atoms with van der Waals surface area (Å²) in [6, 6.07) is 13.6. The standard InChI is InChI=1S/C19H19NO5/c1-24-14-7-3-12(4-8-14)18-16(19(22)23)11-17(21)20(18)13-5-9-15(25-2)10-6-13/h3-10,16,18H,11H2,1-2H3,(H,22,23)/t16-,18+/m0/s1. The van der Waals surface area contributed by atoms with E-state index in [0.29, 0.717) is 17.2 Å². The van der Waals surface area contributed by atoms with Crippen LogP contribution >= 0.6 is 0 Å². The van der Waals surface area contributed by atoms with Gasteiger partial charge in [-0.05, 0) is 42.0 Å². The van der Waals surface area contributed by atoms with E-state index in [1.165, 1.54) is 0 Å². The first-order valence-electron chi connectivity index (χ1n) is 7.88. The molecule has 0 unspecified atom stereocenters. The summed E-state index contributed by atoms with van der Waals surface area (Å²) in [5.74, 6) is -0.645. The summed E-state index contributed by atoms with van der Waals surface area (Å²) in [7, 11) is 3.13. The van der Waals surface area contributed by atoms with Crippen LogP contribution < -0.4 is 14.4 Å². The molecule has 25 heavy (non-hydrogen) atoms. The highest BCUT2D eigenvalue weighted by molar-refractivity contribution is 6.00. The quantitative estimate of drug-likeness (QED) is 0.905. The van der Waals surface area contributed by atoms with Gasteiger partial charge in [-0.15, -0.1) is 0 Å². The van der Waals surface area contributed by atoms with Gasteiger partial charge in [-0.2, -0.15) is 0 Å². The Morgan fingerprint density at radius 1 is 1.00 bits per heavy atom. The van der Waals surface area contributed by atoms with Crippen molar-refractivity contribution in [2.75, 3.05) is 19.1 Å². The van der Waals surface area contributed by atoms with Crippen molar-refractivity contribution in [1.29, 1.82) is 0 Å². The predicted octanol–water partition coefficient (Wildman–Crippen LogP) is 2.88. The molecule has 0 aromatic heterocycles. The molecule has 130 valence electrons. The maximum Gasteiger partial charge on any atom is 0.309 e. The van der Waals surface area contributed by atoms with E-state index < -0.39 is 17.9 Å². The number of carbonyl (C=O) groups excluding carboxylic acids is 1. The lowest BCUT2D eigenvalue weighted by molar-refractivity contribution is -0.142. The van der Waals surface area contributed by atoms with Crippen LogP contribution in [0.1, 0.15) is 18.0 Å². The van der Waals surface area contributed by atoms with Crippen LogP contribution in [0.5, 0.6) is 11.5 Å². The van der Waals surface area contributed by atoms with Gasteiger partial charge in [0.05, 0.1) is 26.2 Å². The van der Waals surface area contributed by atoms with Gasteiger partial charge in [0, 0.05) is 12.1 Å². The number of anilines is 1. The summed E-state index contributed by atoms with van der Waals surface area (Å²) in [6.07, 6.45) is -0.0297. The van der Waals surface area contributed by atoms with Crippen LogP contribution in [-0.2, 0) is 9.59 Å². The summed E-state index contributed by atoms with van der Waals surface area (Å²) < 4.78 is 10.3. The Balaban J connectivity index is 2.03. The molecule has 0 spiro atoms. The number of rotatable bonds is 5. The largest absolute Gasteiger partial charge is 0.497 e. The SMILES string of the molecule is COc1ccc([C@@H]2[C@@H](C(=O)O)CC(=O)N2c2ccc(OC)cc2)cc1. The second-order valence-electron chi connectivity index (χ2n) is 5.83. The van der Waals surface area contributed by atoms with Crippen LogP contribution in [-0.4, -0.2) is 31.2 Å². The fourth-order valence-electron chi connectivity index (χ4n) is 3.19. The van der Waals surface area contributed by atoms with Crippen LogP contribution in [0.15, 0.2) is 48.5 Å². The van der Waals surface area contributed by atoms with Gasteiger partial charge in [-0.25, -0.2) is 0 Å². The first-order valence-corrected chi connectivity index (χ1v) is 7.88. The summed E-state index contributed by atoms with van der Waals surface area (Å²) in [5, 5.41) is 9.59. The van der Waals surface area contributed by atoms with Gasteiger partial charge in [0.1, 0.15) is 11.5 Å². The van der Waals surface area contributed by atoms with Crippen LogP contribution in [0.4, 0.5) is 5.69 Å². The number of benzene rings is 2. The number of ether oxygens (including phenoxy) is 2. The summed E-state index contributed by atoms with van der Waals surface area (Å²) >= 11 is 0. The van der Waals surface area contributed by atoms with Crippen LogP contribution in [0, 0.1) is 5.92 Å². The summed E-state index contributed by atoms with van der Waals surface area (Å²) in [6.45, 7) is 0. The topological polar surface area (TPSA) is 76.1 Å². The molecule has 6 nitrogen and oxygen atoms in total. The van der Waals surface area contributed by atoms with Crippen molar-refractivity contribution in [3.8, 4) is 11.5 Å². The number of aliphatic carboxylic acids is 1. The van der Waals surface area contributed by atoms with Gasteiger partial charge < -0.3 is 19.5 Å². The van der Waals surface area contributed by atoms with E-state index >= 15 is 0 Å². The molecule has 2 aromatic rings. The minimum absolute atomic E-state index is 0.0297. The second-order valence-corrected chi connectivity index (χ2v) is 5.83. The second kappa shape index (κ2) is 6.84. The Morgan fingerprint density at radius 3 is 2.00 bits per heavy atom. The Labute approximate surface area is 145 Å². The van der Waals surface area contributed by atoms with Crippen LogP contribution in [0.25, 0.3) is 0 Å². The first-order chi connectivity index (χ1) is 12.0. The molecular formula is C19H19NO5. The van der Waals surface area contributed by atoms with E-state index in [-0.39, 0.29) is 12.3 Å². The molecule has 1 N–H and O–H groups in total. The third-order valence-corrected chi connectivity index (χ3v) is 4.45.